The number of ether oxygens (including phenoxy) is 3. The normalized spacial score (nSPS) is 16.1. The molecule has 1 atom stereocenters. The molecule has 1 aliphatic rings. The quantitative estimate of drug-likeness (QED) is 0.589. The van der Waals surface area contributed by atoms with Crippen molar-refractivity contribution in [2.75, 3.05) is 27.9 Å². The van der Waals surface area contributed by atoms with Crippen molar-refractivity contribution in [3.8, 4) is 28.6 Å². The van der Waals surface area contributed by atoms with E-state index in [1.54, 1.807) is 44.4 Å². The van der Waals surface area contributed by atoms with Gasteiger partial charge in [-0.2, -0.15) is 4.98 Å². The van der Waals surface area contributed by atoms with Gasteiger partial charge in [-0.25, -0.2) is 0 Å². The lowest BCUT2D eigenvalue weighted by molar-refractivity contribution is 0.0554. The second-order valence-corrected chi connectivity index (χ2v) is 7.23. The van der Waals surface area contributed by atoms with Crippen LogP contribution in [-0.4, -0.2) is 48.8 Å². The molecule has 1 fully saturated rings. The molecule has 1 aliphatic heterocycles. The zero-order valence-electron chi connectivity index (χ0n) is 17.8. The maximum absolute atomic E-state index is 13.6. The number of amides is 1. The second kappa shape index (κ2) is 9.07. The van der Waals surface area contributed by atoms with E-state index in [2.05, 4.69) is 10.1 Å². The van der Waals surface area contributed by atoms with Crippen molar-refractivity contribution in [1.82, 2.24) is 15.0 Å². The van der Waals surface area contributed by atoms with E-state index in [4.69, 9.17) is 18.7 Å². The highest BCUT2D eigenvalue weighted by Gasteiger charge is 2.35. The van der Waals surface area contributed by atoms with E-state index >= 15 is 0 Å². The predicted molar refractivity (Wildman–Crippen MR) is 113 cm³/mol. The zero-order chi connectivity index (χ0) is 21.8. The highest BCUT2D eigenvalue weighted by molar-refractivity contribution is 6.00. The van der Waals surface area contributed by atoms with Gasteiger partial charge in [0.15, 0.2) is 0 Å². The Labute approximate surface area is 180 Å². The molecule has 2 heterocycles. The molecule has 0 radical (unpaired) electrons. The molecule has 0 unspecified atom stereocenters. The van der Waals surface area contributed by atoms with Gasteiger partial charge in [-0.05, 0) is 55.7 Å². The molecule has 8 heteroatoms. The molecular formula is C23H25N3O5. The van der Waals surface area contributed by atoms with E-state index in [0.29, 0.717) is 35.3 Å². The lowest BCUT2D eigenvalue weighted by Gasteiger charge is -2.34. The van der Waals surface area contributed by atoms with Crippen LogP contribution >= 0.6 is 0 Å². The van der Waals surface area contributed by atoms with Crippen molar-refractivity contribution < 1.29 is 23.5 Å². The van der Waals surface area contributed by atoms with Crippen LogP contribution in [0, 0.1) is 0 Å². The van der Waals surface area contributed by atoms with Crippen LogP contribution in [0.1, 0.15) is 41.6 Å². The van der Waals surface area contributed by atoms with Gasteiger partial charge in [0.25, 0.3) is 5.91 Å². The Bertz CT molecular complexity index is 1030. The van der Waals surface area contributed by atoms with E-state index < -0.39 is 0 Å². The Morgan fingerprint density at radius 1 is 1.00 bits per heavy atom. The van der Waals surface area contributed by atoms with E-state index in [1.165, 1.54) is 0 Å². The minimum Gasteiger partial charge on any atom is -0.497 e. The smallest absolute Gasteiger partial charge is 0.262 e. The van der Waals surface area contributed by atoms with Gasteiger partial charge in [0.05, 0.1) is 21.3 Å². The van der Waals surface area contributed by atoms with Crippen molar-refractivity contribution in [3.05, 3.63) is 53.9 Å². The molecule has 2 aromatic carbocycles. The van der Waals surface area contributed by atoms with Gasteiger partial charge in [0.2, 0.25) is 11.7 Å². The van der Waals surface area contributed by atoms with Gasteiger partial charge in [-0.15, -0.1) is 0 Å². The Balaban J connectivity index is 1.64. The lowest BCUT2D eigenvalue weighted by atomic mass is 10.00. The van der Waals surface area contributed by atoms with Gasteiger partial charge in [0.1, 0.15) is 28.9 Å². The SMILES string of the molecule is COc1ccc(-c2noc([C@H]3CCCCN3C(=O)c3c(OC)cccc3OC)n2)cc1. The molecule has 4 rings (SSSR count). The van der Waals surface area contributed by atoms with Crippen molar-refractivity contribution >= 4 is 5.91 Å². The molecule has 162 valence electrons. The number of hydrogen-bond acceptors (Lipinski definition) is 7. The fourth-order valence-electron chi connectivity index (χ4n) is 3.86. The number of nitrogens with zero attached hydrogens (tertiary/aromatic N) is 3. The number of likely N-dealkylation sites (tertiary alicyclic amines) is 1. The van der Waals surface area contributed by atoms with E-state index in [0.717, 1.165) is 30.6 Å². The average Bonchev–Trinajstić information content (AvgIpc) is 3.33. The summed E-state index contributed by atoms with van der Waals surface area (Å²) in [5.41, 5.74) is 1.21. The molecule has 0 saturated carbocycles. The summed E-state index contributed by atoms with van der Waals surface area (Å²) < 4.78 is 21.7. The van der Waals surface area contributed by atoms with Crippen LogP contribution in [0.3, 0.4) is 0 Å². The summed E-state index contributed by atoms with van der Waals surface area (Å²) in [5.74, 6) is 2.42. The van der Waals surface area contributed by atoms with E-state index in [-0.39, 0.29) is 11.9 Å². The van der Waals surface area contributed by atoms with Crippen LogP contribution in [0.25, 0.3) is 11.4 Å². The number of aromatic nitrogens is 2. The van der Waals surface area contributed by atoms with Crippen LogP contribution in [0.15, 0.2) is 47.0 Å². The molecule has 1 saturated heterocycles. The highest BCUT2D eigenvalue weighted by atomic mass is 16.5. The van der Waals surface area contributed by atoms with Crippen LogP contribution in [0.5, 0.6) is 17.2 Å². The number of rotatable bonds is 6. The highest BCUT2D eigenvalue weighted by Crippen LogP contribution is 2.36. The first-order valence-electron chi connectivity index (χ1n) is 10.2. The third-order valence-electron chi connectivity index (χ3n) is 5.48. The first-order chi connectivity index (χ1) is 15.2. The Morgan fingerprint density at radius 3 is 2.35 bits per heavy atom. The monoisotopic (exact) mass is 423 g/mol. The second-order valence-electron chi connectivity index (χ2n) is 7.23. The number of piperidine rings is 1. The van der Waals surface area contributed by atoms with Crippen molar-refractivity contribution in [1.29, 1.82) is 0 Å². The molecule has 1 amide bonds. The number of methoxy groups -OCH3 is 3. The zero-order valence-corrected chi connectivity index (χ0v) is 17.8. The summed E-state index contributed by atoms with van der Waals surface area (Å²) in [7, 11) is 4.70. The molecule has 0 aliphatic carbocycles. The summed E-state index contributed by atoms with van der Waals surface area (Å²) in [6.45, 7) is 0.588. The molecule has 0 bridgehead atoms. The van der Waals surface area contributed by atoms with Gasteiger partial charge in [-0.3, -0.25) is 4.79 Å². The summed E-state index contributed by atoms with van der Waals surface area (Å²) in [6.07, 6.45) is 2.62. The molecule has 0 N–H and O–H groups in total. The molecule has 8 nitrogen and oxygen atoms in total. The van der Waals surface area contributed by atoms with Crippen LogP contribution in [0.2, 0.25) is 0 Å². The Hall–Kier alpha value is -3.55. The van der Waals surface area contributed by atoms with Crippen molar-refractivity contribution in [3.63, 3.8) is 0 Å². The van der Waals surface area contributed by atoms with Gasteiger partial charge < -0.3 is 23.6 Å². The average molecular weight is 423 g/mol. The van der Waals surface area contributed by atoms with Crippen molar-refractivity contribution in [2.45, 2.75) is 25.3 Å². The van der Waals surface area contributed by atoms with Crippen LogP contribution in [-0.2, 0) is 0 Å². The van der Waals surface area contributed by atoms with Crippen molar-refractivity contribution in [2.24, 2.45) is 0 Å². The summed E-state index contributed by atoms with van der Waals surface area (Å²) in [4.78, 5) is 19.9. The minimum atomic E-state index is -0.310. The predicted octanol–water partition coefficient (Wildman–Crippen LogP) is 4.13. The number of hydrogen-bond donors (Lipinski definition) is 0. The molecule has 0 spiro atoms. The van der Waals surface area contributed by atoms with Gasteiger partial charge in [-0.1, -0.05) is 11.2 Å². The van der Waals surface area contributed by atoms with Crippen LogP contribution in [0.4, 0.5) is 0 Å². The third kappa shape index (κ3) is 4.05. The van der Waals surface area contributed by atoms with E-state index in [9.17, 15) is 4.79 Å². The fourth-order valence-corrected chi connectivity index (χ4v) is 3.86. The minimum absolute atomic E-state index is 0.178. The molecule has 3 aromatic rings. The van der Waals surface area contributed by atoms with Gasteiger partial charge >= 0.3 is 0 Å². The molecule has 31 heavy (non-hydrogen) atoms. The first kappa shape index (κ1) is 20.7. The Morgan fingerprint density at radius 2 is 1.71 bits per heavy atom. The first-order valence-corrected chi connectivity index (χ1v) is 10.2. The van der Waals surface area contributed by atoms with Gasteiger partial charge in [0, 0.05) is 12.1 Å². The third-order valence-corrected chi connectivity index (χ3v) is 5.48. The standard InChI is InChI=1S/C23H25N3O5/c1-28-16-12-10-15(11-13-16)21-24-22(31-25-21)17-7-4-5-14-26(17)23(27)20-18(29-2)8-6-9-19(20)30-3/h6,8-13,17H,4-5,7,14H2,1-3H3/t17-/m1/s1. The fraction of sp³-hybridized carbons (Fsp3) is 0.348. The lowest BCUT2D eigenvalue weighted by Crippen LogP contribution is -2.39. The topological polar surface area (TPSA) is 86.9 Å². The maximum Gasteiger partial charge on any atom is 0.262 e. The summed E-state index contributed by atoms with van der Waals surface area (Å²) in [5, 5.41) is 4.14. The van der Waals surface area contributed by atoms with Crippen LogP contribution < -0.4 is 14.2 Å². The Kier molecular flexibility index (Phi) is 6.06. The van der Waals surface area contributed by atoms with E-state index in [1.807, 2.05) is 24.3 Å². The number of benzene rings is 2. The largest absolute Gasteiger partial charge is 0.497 e. The summed E-state index contributed by atoms with van der Waals surface area (Å²) >= 11 is 0. The number of carbonyl (C=O) groups is 1. The number of carbonyl (C=O) groups excluding carboxylic acids is 1. The molecule has 1 aromatic heterocycles. The summed E-state index contributed by atoms with van der Waals surface area (Å²) in [6, 6.07) is 12.4. The maximum atomic E-state index is 13.6. The molecular weight excluding hydrogens is 398 g/mol.